The fourth-order valence-electron chi connectivity index (χ4n) is 2.40. The average molecular weight is 416 g/mol. The van der Waals surface area contributed by atoms with E-state index < -0.39 is 0 Å². The minimum absolute atomic E-state index is 0.0171. The van der Waals surface area contributed by atoms with Gasteiger partial charge in [-0.25, -0.2) is 0 Å². The van der Waals surface area contributed by atoms with Crippen LogP contribution in [0.3, 0.4) is 0 Å². The third-order valence-electron chi connectivity index (χ3n) is 3.96. The monoisotopic (exact) mass is 415 g/mol. The summed E-state index contributed by atoms with van der Waals surface area (Å²) in [5, 5.41) is 3.98. The van der Waals surface area contributed by atoms with Crippen molar-refractivity contribution in [2.75, 3.05) is 19.1 Å². The number of anilines is 1. The number of carbonyl (C=O) groups excluding carboxylic acids is 1. The summed E-state index contributed by atoms with van der Waals surface area (Å²) < 4.78 is 11.4. The van der Waals surface area contributed by atoms with Crippen LogP contribution in [0.2, 0.25) is 0 Å². The van der Waals surface area contributed by atoms with E-state index in [1.807, 2.05) is 48.5 Å². The number of amides is 1. The molecule has 0 saturated carbocycles. The zero-order chi connectivity index (χ0) is 18.5. The van der Waals surface area contributed by atoms with Crippen LogP contribution in [0.1, 0.15) is 12.3 Å². The number of nitrogens with zero attached hydrogens (tertiary/aromatic N) is 3. The molecule has 7 heteroatoms. The average Bonchev–Trinajstić information content (AvgIpc) is 3.15. The summed E-state index contributed by atoms with van der Waals surface area (Å²) in [6.07, 6.45) is 0.680. The number of hydrogen-bond acceptors (Lipinski definition) is 5. The minimum atomic E-state index is -0.0171. The standard InChI is InChI=1S/C19H18BrN3O3/c1-23(15-7-5-14(20)6-8-15)18(24)12-11-17-21-19(22-26-17)13-3-9-16(25-2)10-4-13/h3-10H,11-12H2,1-2H3. The molecule has 2 aromatic carbocycles. The summed E-state index contributed by atoms with van der Waals surface area (Å²) in [5.74, 6) is 1.68. The Labute approximate surface area is 159 Å². The fraction of sp³-hybridized carbons (Fsp3) is 0.211. The van der Waals surface area contributed by atoms with Gasteiger partial charge in [0.15, 0.2) is 0 Å². The quantitative estimate of drug-likeness (QED) is 0.605. The van der Waals surface area contributed by atoms with E-state index >= 15 is 0 Å². The first kappa shape index (κ1) is 18.1. The van der Waals surface area contributed by atoms with Crippen molar-refractivity contribution in [2.45, 2.75) is 12.8 Å². The molecule has 1 heterocycles. The smallest absolute Gasteiger partial charge is 0.227 e. The first-order valence-corrected chi connectivity index (χ1v) is 8.85. The lowest BCUT2D eigenvalue weighted by atomic mass is 10.2. The molecule has 0 unspecified atom stereocenters. The van der Waals surface area contributed by atoms with Gasteiger partial charge in [-0.2, -0.15) is 4.98 Å². The minimum Gasteiger partial charge on any atom is -0.497 e. The number of aromatic nitrogens is 2. The summed E-state index contributed by atoms with van der Waals surface area (Å²) in [4.78, 5) is 18.3. The number of benzene rings is 2. The summed E-state index contributed by atoms with van der Waals surface area (Å²) in [5.41, 5.74) is 1.67. The maximum atomic E-state index is 12.4. The van der Waals surface area contributed by atoms with E-state index in [0.717, 1.165) is 21.5 Å². The molecule has 0 aliphatic carbocycles. The van der Waals surface area contributed by atoms with Gasteiger partial charge in [-0.1, -0.05) is 21.1 Å². The molecular formula is C19H18BrN3O3. The van der Waals surface area contributed by atoms with Gasteiger partial charge in [-0.05, 0) is 48.5 Å². The number of rotatable bonds is 6. The van der Waals surface area contributed by atoms with Gasteiger partial charge in [0, 0.05) is 35.6 Å². The van der Waals surface area contributed by atoms with Gasteiger partial charge in [-0.3, -0.25) is 4.79 Å². The normalized spacial score (nSPS) is 10.6. The van der Waals surface area contributed by atoms with E-state index in [4.69, 9.17) is 9.26 Å². The first-order chi connectivity index (χ1) is 12.6. The highest BCUT2D eigenvalue weighted by molar-refractivity contribution is 9.10. The largest absolute Gasteiger partial charge is 0.497 e. The lowest BCUT2D eigenvalue weighted by Gasteiger charge is -2.16. The molecule has 0 aliphatic heterocycles. The van der Waals surface area contributed by atoms with Crippen molar-refractivity contribution < 1.29 is 14.1 Å². The zero-order valence-electron chi connectivity index (χ0n) is 14.5. The van der Waals surface area contributed by atoms with E-state index in [1.54, 1.807) is 19.1 Å². The molecule has 3 aromatic rings. The van der Waals surface area contributed by atoms with Crippen LogP contribution in [0.25, 0.3) is 11.4 Å². The van der Waals surface area contributed by atoms with Gasteiger partial charge in [0.2, 0.25) is 17.6 Å². The molecule has 1 aromatic heterocycles. The molecule has 0 fully saturated rings. The van der Waals surface area contributed by atoms with Crippen LogP contribution in [0, 0.1) is 0 Å². The van der Waals surface area contributed by atoms with Gasteiger partial charge in [-0.15, -0.1) is 0 Å². The van der Waals surface area contributed by atoms with Crippen LogP contribution in [0.5, 0.6) is 5.75 Å². The Morgan fingerprint density at radius 3 is 2.50 bits per heavy atom. The van der Waals surface area contributed by atoms with E-state index in [9.17, 15) is 4.79 Å². The number of methoxy groups -OCH3 is 1. The van der Waals surface area contributed by atoms with E-state index in [2.05, 4.69) is 26.1 Å². The third kappa shape index (κ3) is 4.29. The van der Waals surface area contributed by atoms with Gasteiger partial charge >= 0.3 is 0 Å². The third-order valence-corrected chi connectivity index (χ3v) is 4.49. The molecule has 134 valence electrons. The van der Waals surface area contributed by atoms with Crippen molar-refractivity contribution in [3.63, 3.8) is 0 Å². The highest BCUT2D eigenvalue weighted by Crippen LogP contribution is 2.21. The number of halogens is 1. The second kappa shape index (κ2) is 8.14. The Kier molecular flexibility index (Phi) is 5.68. The molecular weight excluding hydrogens is 398 g/mol. The molecule has 0 N–H and O–H groups in total. The summed E-state index contributed by atoms with van der Waals surface area (Å²) in [6.45, 7) is 0. The van der Waals surface area contributed by atoms with Gasteiger partial charge < -0.3 is 14.2 Å². The Bertz CT molecular complexity index is 876. The molecule has 6 nitrogen and oxygen atoms in total. The maximum absolute atomic E-state index is 12.4. The van der Waals surface area contributed by atoms with E-state index in [1.165, 1.54) is 0 Å². The van der Waals surface area contributed by atoms with Crippen LogP contribution >= 0.6 is 15.9 Å². The van der Waals surface area contributed by atoms with Gasteiger partial charge in [0.25, 0.3) is 0 Å². The van der Waals surface area contributed by atoms with Crippen molar-refractivity contribution in [1.82, 2.24) is 10.1 Å². The predicted octanol–water partition coefficient (Wildman–Crippen LogP) is 4.10. The highest BCUT2D eigenvalue weighted by atomic mass is 79.9. The second-order valence-corrected chi connectivity index (χ2v) is 6.59. The SMILES string of the molecule is COc1ccc(-c2noc(CCC(=O)N(C)c3ccc(Br)cc3)n2)cc1. The first-order valence-electron chi connectivity index (χ1n) is 8.06. The Hall–Kier alpha value is -2.67. The molecule has 0 bridgehead atoms. The van der Waals surface area contributed by atoms with Crippen LogP contribution in [0.15, 0.2) is 57.5 Å². The van der Waals surface area contributed by atoms with Crippen molar-refractivity contribution >= 4 is 27.5 Å². The van der Waals surface area contributed by atoms with Crippen LogP contribution in [0.4, 0.5) is 5.69 Å². The van der Waals surface area contributed by atoms with Crippen molar-refractivity contribution in [3.8, 4) is 17.1 Å². The molecule has 0 spiro atoms. The summed E-state index contributed by atoms with van der Waals surface area (Å²) >= 11 is 3.38. The number of hydrogen-bond donors (Lipinski definition) is 0. The lowest BCUT2D eigenvalue weighted by molar-refractivity contribution is -0.118. The number of aryl methyl sites for hydroxylation is 1. The molecule has 0 atom stereocenters. The molecule has 0 radical (unpaired) electrons. The fourth-order valence-corrected chi connectivity index (χ4v) is 2.67. The lowest BCUT2D eigenvalue weighted by Crippen LogP contribution is -2.26. The van der Waals surface area contributed by atoms with E-state index in [0.29, 0.717) is 18.1 Å². The van der Waals surface area contributed by atoms with Crippen molar-refractivity contribution in [1.29, 1.82) is 0 Å². The zero-order valence-corrected chi connectivity index (χ0v) is 16.1. The second-order valence-electron chi connectivity index (χ2n) is 5.67. The number of ether oxygens (including phenoxy) is 1. The Morgan fingerprint density at radius 1 is 1.15 bits per heavy atom. The van der Waals surface area contributed by atoms with Crippen LogP contribution in [-0.4, -0.2) is 30.2 Å². The van der Waals surface area contributed by atoms with E-state index in [-0.39, 0.29) is 12.3 Å². The highest BCUT2D eigenvalue weighted by Gasteiger charge is 2.14. The van der Waals surface area contributed by atoms with Gasteiger partial charge in [0.05, 0.1) is 7.11 Å². The van der Waals surface area contributed by atoms with Crippen molar-refractivity contribution in [3.05, 3.63) is 58.9 Å². The van der Waals surface area contributed by atoms with Crippen molar-refractivity contribution in [2.24, 2.45) is 0 Å². The summed E-state index contributed by atoms with van der Waals surface area (Å²) in [6, 6.07) is 15.0. The van der Waals surface area contributed by atoms with Crippen LogP contribution in [-0.2, 0) is 11.2 Å². The Morgan fingerprint density at radius 2 is 1.85 bits per heavy atom. The van der Waals surface area contributed by atoms with Gasteiger partial charge in [0.1, 0.15) is 5.75 Å². The maximum Gasteiger partial charge on any atom is 0.227 e. The van der Waals surface area contributed by atoms with Crippen LogP contribution < -0.4 is 9.64 Å². The molecule has 1 amide bonds. The predicted molar refractivity (Wildman–Crippen MR) is 102 cm³/mol. The Balaban J connectivity index is 1.60. The summed E-state index contributed by atoms with van der Waals surface area (Å²) in [7, 11) is 3.37. The molecule has 26 heavy (non-hydrogen) atoms. The molecule has 0 saturated heterocycles. The topological polar surface area (TPSA) is 68.5 Å². The molecule has 0 aliphatic rings. The molecule has 3 rings (SSSR count). The number of carbonyl (C=O) groups is 1.